The molecule has 4 aliphatic rings. The van der Waals surface area contributed by atoms with Gasteiger partial charge < -0.3 is 121 Å². The topological polar surface area (TPSA) is 479 Å². The van der Waals surface area contributed by atoms with Crippen LogP contribution in [0, 0.1) is 23.7 Å². The van der Waals surface area contributed by atoms with Gasteiger partial charge in [0.2, 0.25) is 41.4 Å². The van der Waals surface area contributed by atoms with Crippen LogP contribution < -0.4 is 31.9 Å². The second-order valence-electron chi connectivity index (χ2n) is 26.5. The van der Waals surface area contributed by atoms with Crippen molar-refractivity contribution in [2.75, 3.05) is 92.6 Å². The van der Waals surface area contributed by atoms with Crippen LogP contribution in [-0.4, -0.2) is 287 Å². The number of hydrogen-bond acceptors (Lipinski definition) is 25. The lowest BCUT2D eigenvalue weighted by Crippen LogP contribution is -2.55. The molecule has 17 atom stereocenters. The molecule has 32 nitrogen and oxygen atoms in total. The number of ketones is 1. The molecule has 4 rings (SSSR count). The lowest BCUT2D eigenvalue weighted by Gasteiger charge is -2.40. The average Bonchev–Trinajstić information content (AvgIpc) is 1.15. The number of Topliss-reactive ketones (excluding diaryl/α,β-unsaturated/α-hetero) is 1. The molecule has 0 radical (unpaired) electrons. The van der Waals surface area contributed by atoms with Crippen molar-refractivity contribution in [3.8, 4) is 0 Å². The molecule has 0 bridgehead atoms. The van der Waals surface area contributed by atoms with E-state index in [1.54, 1.807) is 20.8 Å². The molecule has 7 amide bonds. The third kappa shape index (κ3) is 31.8. The summed E-state index contributed by atoms with van der Waals surface area (Å²) < 4.78 is 38.8. The van der Waals surface area contributed by atoms with Crippen LogP contribution >= 0.6 is 0 Å². The SMILES string of the molecule is CC(C)C.COC[C@@H]1C[C@@H](O)CN1C(=O)CCCC(=O)NC(CCC(=O)CCCCNC(=O)CCO[C@@H]1OC(CO)[C@H](O)[C@H](O)C1C)(CCC(=O)NCCCNC(=O)CCO[C@@H]1OC(CO)[C@H](O)[C@H](O)C1C)CCC(=O)NCCCNC(=O)CCO[C@@H]1OC(CO)[C@H](O)[C@H](O)C1C. The lowest BCUT2D eigenvalue weighted by molar-refractivity contribution is -0.282. The number of nitrogens with zero attached hydrogens (tertiary/aromatic N) is 1. The van der Waals surface area contributed by atoms with E-state index in [1.807, 2.05) is 0 Å². The lowest BCUT2D eigenvalue weighted by atomic mass is 9.82. The molecule has 0 aromatic rings. The molecule has 0 aromatic heterocycles. The number of nitrogens with one attached hydrogen (secondary N) is 6. The maximum absolute atomic E-state index is 14.0. The first-order valence-corrected chi connectivity index (χ1v) is 34.5. The zero-order valence-electron chi connectivity index (χ0n) is 57.9. The van der Waals surface area contributed by atoms with E-state index >= 15 is 0 Å². The Balaban J connectivity index is 0.00000595. The van der Waals surface area contributed by atoms with Crippen LogP contribution in [0.1, 0.15) is 157 Å². The van der Waals surface area contributed by atoms with Gasteiger partial charge >= 0.3 is 0 Å². The molecule has 97 heavy (non-hydrogen) atoms. The highest BCUT2D eigenvalue weighted by Crippen LogP contribution is 2.31. The van der Waals surface area contributed by atoms with Crippen molar-refractivity contribution in [1.82, 2.24) is 36.8 Å². The van der Waals surface area contributed by atoms with Crippen molar-refractivity contribution < 1.29 is 123 Å². The molecule has 32 heteroatoms. The highest BCUT2D eigenvalue weighted by molar-refractivity contribution is 5.82. The van der Waals surface area contributed by atoms with Crippen molar-refractivity contribution in [2.45, 2.75) is 249 Å². The van der Waals surface area contributed by atoms with Crippen molar-refractivity contribution in [1.29, 1.82) is 0 Å². The van der Waals surface area contributed by atoms with E-state index in [1.165, 1.54) is 12.0 Å². The van der Waals surface area contributed by atoms with Crippen LogP contribution in [0.2, 0.25) is 0 Å². The number of aliphatic hydroxyl groups excluding tert-OH is 10. The summed E-state index contributed by atoms with van der Waals surface area (Å²) in [7, 11) is 1.49. The molecule has 16 N–H and O–H groups in total. The molecule has 4 saturated heterocycles. The van der Waals surface area contributed by atoms with Crippen molar-refractivity contribution in [2.24, 2.45) is 23.7 Å². The molecular weight excluding hydrogens is 1280 g/mol. The largest absolute Gasteiger partial charge is 0.394 e. The Hall–Kier alpha value is -4.72. The average molecular weight is 1400 g/mol. The molecule has 6 unspecified atom stereocenters. The maximum Gasteiger partial charge on any atom is 0.223 e. The Kier molecular flexibility index (Phi) is 41.6. The molecule has 0 aromatic carbocycles. The zero-order valence-corrected chi connectivity index (χ0v) is 57.9. The Morgan fingerprint density at radius 3 is 1.20 bits per heavy atom. The van der Waals surface area contributed by atoms with Crippen LogP contribution in [0.25, 0.3) is 0 Å². The van der Waals surface area contributed by atoms with E-state index in [2.05, 4.69) is 52.7 Å². The summed E-state index contributed by atoms with van der Waals surface area (Å²) >= 11 is 0. The predicted molar refractivity (Wildman–Crippen MR) is 347 cm³/mol. The summed E-state index contributed by atoms with van der Waals surface area (Å²) in [5, 5.41) is 117. The molecule has 562 valence electrons. The molecule has 4 fully saturated rings. The third-order valence-electron chi connectivity index (χ3n) is 17.4. The van der Waals surface area contributed by atoms with Gasteiger partial charge in [-0.15, -0.1) is 0 Å². The van der Waals surface area contributed by atoms with Crippen LogP contribution in [0.15, 0.2) is 0 Å². The molecular formula is C65H117N7O25. The standard InChI is InChI=1S/C61H107N7O25.C4H10/c1-36-52(81)55(84)42(32-69)91-58(36)88-27-16-47(76)62-22-6-5-10-40(72)13-19-61(67-50(79)11-7-12-51(80)68-31-41(73)30-39(68)35-87-4,20-14-45(74)63-23-8-25-65-48(77)17-28-89-59-37(2)53(82)56(85)43(33-70)92-59)21-15-46(75)64-24-9-26-66-49(78)18-29-90-60-38(3)54(83)57(86)44(34-71)93-60;1-4(2)3/h36-39,41-44,52-60,69-71,73,81-86H,5-35H2,1-4H3,(H,62,76)(H,63,74)(H,64,75)(H,65,77)(H,66,78)(H,67,79);4H,1-3H3/t36?,37?,38?,39-,41+,42?,43?,44?,52+,53+,54+,55-,56-,57-,58+,59+,60+,61?;/m0./s1. The van der Waals surface area contributed by atoms with Crippen LogP contribution in [0.4, 0.5) is 0 Å². The minimum atomic E-state index is -1.32. The first kappa shape index (κ1) is 86.5. The van der Waals surface area contributed by atoms with E-state index in [-0.39, 0.29) is 185 Å². The fourth-order valence-corrected chi connectivity index (χ4v) is 11.5. The molecule has 4 heterocycles. The number of likely N-dealkylation sites (tertiary alicyclic amines) is 1. The summed E-state index contributed by atoms with van der Waals surface area (Å²) in [6, 6.07) is -0.333. The molecule has 0 aliphatic carbocycles. The predicted octanol–water partition coefficient (Wildman–Crippen LogP) is -2.83. The highest BCUT2D eigenvalue weighted by Gasteiger charge is 2.45. The van der Waals surface area contributed by atoms with Crippen LogP contribution in [-0.2, 0) is 71.5 Å². The number of amides is 7. The number of unbranched alkanes of at least 4 members (excludes halogenated alkanes) is 1. The fourth-order valence-electron chi connectivity index (χ4n) is 11.5. The van der Waals surface area contributed by atoms with Crippen molar-refractivity contribution in [3.05, 3.63) is 0 Å². The highest BCUT2D eigenvalue weighted by atomic mass is 16.7. The van der Waals surface area contributed by atoms with Crippen molar-refractivity contribution >= 4 is 47.1 Å². The van der Waals surface area contributed by atoms with Gasteiger partial charge in [0.1, 0.15) is 42.4 Å². The third-order valence-corrected chi connectivity index (χ3v) is 17.4. The second-order valence-corrected chi connectivity index (χ2v) is 26.5. The van der Waals surface area contributed by atoms with E-state index < -0.39 is 141 Å². The Morgan fingerprint density at radius 1 is 0.464 bits per heavy atom. The van der Waals surface area contributed by atoms with E-state index in [0.717, 1.165) is 5.92 Å². The number of carbonyl (C=O) groups is 8. The fraction of sp³-hybridized carbons (Fsp3) is 0.877. The van der Waals surface area contributed by atoms with Gasteiger partial charge in [-0.05, 0) is 63.7 Å². The summed E-state index contributed by atoms with van der Waals surface area (Å²) in [5.41, 5.74) is -1.32. The molecule has 0 saturated carbocycles. The van der Waals surface area contributed by atoms with Gasteiger partial charge in [0, 0.05) is 108 Å². The smallest absolute Gasteiger partial charge is 0.223 e. The molecule has 0 spiro atoms. The van der Waals surface area contributed by atoms with Crippen LogP contribution in [0.3, 0.4) is 0 Å². The number of hydrogen-bond donors (Lipinski definition) is 16. The summed E-state index contributed by atoms with van der Waals surface area (Å²) in [5.74, 6) is -4.00. The summed E-state index contributed by atoms with van der Waals surface area (Å²) in [6.45, 7) is 10.6. The normalized spacial score (nSPS) is 28.6. The first-order valence-electron chi connectivity index (χ1n) is 34.5. The maximum atomic E-state index is 14.0. The Labute approximate surface area is 569 Å². The minimum Gasteiger partial charge on any atom is -0.394 e. The quantitative estimate of drug-likeness (QED) is 0.0273. The number of rotatable bonds is 44. The number of ether oxygens (including phenoxy) is 7. The van der Waals surface area contributed by atoms with Gasteiger partial charge in [0.05, 0.1) is 96.0 Å². The van der Waals surface area contributed by atoms with E-state index in [9.17, 15) is 89.4 Å². The van der Waals surface area contributed by atoms with Gasteiger partial charge in [-0.25, -0.2) is 0 Å². The monoisotopic (exact) mass is 1400 g/mol. The second kappa shape index (κ2) is 46.7. The van der Waals surface area contributed by atoms with Gasteiger partial charge in [-0.3, -0.25) is 38.4 Å². The van der Waals surface area contributed by atoms with Crippen molar-refractivity contribution in [3.63, 3.8) is 0 Å². The van der Waals surface area contributed by atoms with Crippen LogP contribution in [0.5, 0.6) is 0 Å². The summed E-state index contributed by atoms with van der Waals surface area (Å²) in [4.78, 5) is 108. The molecule has 4 aliphatic heterocycles. The van der Waals surface area contributed by atoms with Gasteiger partial charge in [-0.2, -0.15) is 0 Å². The van der Waals surface area contributed by atoms with Gasteiger partial charge in [-0.1, -0.05) is 41.5 Å². The van der Waals surface area contributed by atoms with E-state index in [4.69, 9.17) is 33.2 Å². The number of carbonyl (C=O) groups excluding carboxylic acids is 8. The first-order chi connectivity index (χ1) is 46.1. The van der Waals surface area contributed by atoms with Gasteiger partial charge in [0.25, 0.3) is 0 Å². The zero-order chi connectivity index (χ0) is 72.2. The summed E-state index contributed by atoms with van der Waals surface area (Å²) in [6.07, 6.45) is -13.2. The van der Waals surface area contributed by atoms with E-state index in [0.29, 0.717) is 32.1 Å². The minimum absolute atomic E-state index is 0.00862. The number of methoxy groups -OCH3 is 1. The van der Waals surface area contributed by atoms with Gasteiger partial charge in [0.15, 0.2) is 18.9 Å². The Morgan fingerprint density at radius 2 is 0.825 bits per heavy atom. The number of aliphatic hydroxyl groups is 10. The number of β-amino-alcohol motifs (C(OH)–C–C–N with tert-alkyl or cyclic N) is 1. The Bertz CT molecular complexity index is 2130.